The van der Waals surface area contributed by atoms with Crippen LogP contribution in [0.2, 0.25) is 0 Å². The monoisotopic (exact) mass is 188 g/mol. The van der Waals surface area contributed by atoms with E-state index in [0.29, 0.717) is 6.08 Å². The normalized spacial score (nSPS) is 8.00. The molecule has 0 atom stereocenters. The van der Waals surface area contributed by atoms with Crippen LogP contribution in [0.15, 0.2) is 12.2 Å². The number of carbonyl (C=O) groups excluding carboxylic acids is 1. The number of carboxylic acids is 1. The van der Waals surface area contributed by atoms with Gasteiger partial charge in [-0.25, -0.2) is 0 Å². The van der Waals surface area contributed by atoms with Gasteiger partial charge in [-0.2, -0.15) is 6.08 Å². The molecule has 0 bridgehead atoms. The van der Waals surface area contributed by atoms with E-state index in [1.54, 1.807) is 0 Å². The zero-order valence-corrected chi connectivity index (χ0v) is 6.83. The van der Waals surface area contributed by atoms with Gasteiger partial charge in [0, 0.05) is 32.7 Å². The van der Waals surface area contributed by atoms with Gasteiger partial charge in [-0.3, -0.25) is 4.79 Å². The van der Waals surface area contributed by atoms with Gasteiger partial charge in [-0.1, -0.05) is 0 Å². The van der Waals surface area contributed by atoms with Crippen molar-refractivity contribution in [3.05, 3.63) is 12.2 Å². The molecular weight excluding hydrogens is 185 g/mol. The molecule has 0 fully saturated rings. The van der Waals surface area contributed by atoms with Crippen molar-refractivity contribution in [2.24, 2.45) is 0 Å². The number of carboxylic acid groups (broad SMARTS) is 1. The van der Waals surface area contributed by atoms with Crippen molar-refractivity contribution in [2.45, 2.75) is 0 Å². The Morgan fingerprint density at radius 2 is 2.12 bits per heavy atom. The molecule has 0 unspecified atom stereocenters. The van der Waals surface area contributed by atoms with E-state index in [4.69, 9.17) is 5.11 Å². The average molecular weight is 188 g/mol. The van der Waals surface area contributed by atoms with Crippen molar-refractivity contribution in [3.8, 4) is 0 Å². The molecule has 41 valence electrons. The standard InChI is InChI=1S/C4H3O3.Y/c5-3-1-2-4(6)7;/h1-2H,(H,6,7);/q-1;/b2-1+;. The molecule has 0 aliphatic carbocycles. The van der Waals surface area contributed by atoms with Crippen molar-refractivity contribution < 1.29 is 47.4 Å². The summed E-state index contributed by atoms with van der Waals surface area (Å²) >= 11 is 0. The van der Waals surface area contributed by atoms with Gasteiger partial charge in [0.15, 0.2) is 0 Å². The summed E-state index contributed by atoms with van der Waals surface area (Å²) in [6.07, 6.45) is 2.80. The molecule has 1 N–H and O–H groups in total. The summed E-state index contributed by atoms with van der Waals surface area (Å²) in [6, 6.07) is 0. The van der Waals surface area contributed by atoms with E-state index in [-0.39, 0.29) is 32.7 Å². The number of hydrogen-bond donors (Lipinski definition) is 1. The maximum atomic E-state index is 9.49. The summed E-state index contributed by atoms with van der Waals surface area (Å²) in [6.45, 7) is 0. The molecule has 0 spiro atoms. The molecule has 0 aromatic heterocycles. The number of aliphatic carboxylic acids is 1. The zero-order valence-electron chi connectivity index (χ0n) is 4.00. The molecule has 0 aromatic rings. The third-order valence-electron chi connectivity index (χ3n) is 0.294. The van der Waals surface area contributed by atoms with Crippen LogP contribution in [0.3, 0.4) is 0 Å². The summed E-state index contributed by atoms with van der Waals surface area (Å²) in [4.78, 5) is 18.7. The molecule has 0 aromatic carbocycles. The molecule has 0 amide bonds. The Morgan fingerprint density at radius 3 is 2.25 bits per heavy atom. The summed E-state index contributed by atoms with van der Waals surface area (Å²) in [5, 5.41) is 7.78. The van der Waals surface area contributed by atoms with Crippen LogP contribution < -0.4 is 0 Å². The Kier molecular flexibility index (Phi) is 9.49. The minimum absolute atomic E-state index is 0. The summed E-state index contributed by atoms with van der Waals surface area (Å²) in [5.74, 6) is -1.14. The molecule has 1 radical (unpaired) electrons. The third kappa shape index (κ3) is 9.36. The van der Waals surface area contributed by atoms with E-state index in [1.807, 2.05) is 0 Å². The molecular formula is C4H3O3Y-. The second-order valence-electron chi connectivity index (χ2n) is 0.789. The van der Waals surface area contributed by atoms with Crippen LogP contribution in [0.1, 0.15) is 0 Å². The van der Waals surface area contributed by atoms with E-state index < -0.39 is 5.97 Å². The van der Waals surface area contributed by atoms with Crippen LogP contribution in [0.25, 0.3) is 0 Å². The van der Waals surface area contributed by atoms with Gasteiger partial charge in [0.05, 0.1) is 0 Å². The van der Waals surface area contributed by atoms with Gasteiger partial charge in [0.2, 0.25) is 5.97 Å². The van der Waals surface area contributed by atoms with Crippen molar-refractivity contribution in [2.75, 3.05) is 0 Å². The number of hydrogen-bond acceptors (Lipinski definition) is 2. The molecule has 0 aliphatic rings. The number of carbonyl (C=O) groups is 1. The Hall–Kier alpha value is -0.0161. The summed E-state index contributed by atoms with van der Waals surface area (Å²) in [5.41, 5.74) is 0. The number of allylic oxidation sites excluding steroid dienone is 1. The molecule has 0 rings (SSSR count). The largest absolute Gasteiger partial charge is 0.491 e. The molecule has 4 heteroatoms. The van der Waals surface area contributed by atoms with Gasteiger partial charge < -0.3 is 9.90 Å². The van der Waals surface area contributed by atoms with E-state index in [0.717, 1.165) is 6.08 Å². The van der Waals surface area contributed by atoms with E-state index in [9.17, 15) is 9.59 Å². The first-order chi connectivity index (χ1) is 3.27. The molecule has 0 heterocycles. The predicted octanol–water partition coefficient (Wildman–Crippen LogP) is -0.266. The van der Waals surface area contributed by atoms with E-state index in [1.165, 1.54) is 6.29 Å². The first-order valence-corrected chi connectivity index (χ1v) is 1.54. The molecule has 3 nitrogen and oxygen atoms in total. The molecule has 8 heavy (non-hydrogen) atoms. The Balaban J connectivity index is 0. The molecule has 0 saturated carbocycles. The minimum Gasteiger partial charge on any atom is -0.491 e. The Labute approximate surface area is 71.6 Å². The van der Waals surface area contributed by atoms with Gasteiger partial charge in [-0.15, -0.1) is 6.08 Å². The third-order valence-corrected chi connectivity index (χ3v) is 0.294. The van der Waals surface area contributed by atoms with E-state index >= 15 is 0 Å². The van der Waals surface area contributed by atoms with Crippen LogP contribution in [-0.2, 0) is 42.3 Å². The fourth-order valence-corrected chi connectivity index (χ4v) is 0.105. The zero-order chi connectivity index (χ0) is 5.70. The Bertz CT molecular complexity index is 108. The van der Waals surface area contributed by atoms with Crippen molar-refractivity contribution in [1.82, 2.24) is 0 Å². The van der Waals surface area contributed by atoms with Crippen molar-refractivity contribution in [1.29, 1.82) is 0 Å². The summed E-state index contributed by atoms with van der Waals surface area (Å²) in [7, 11) is 0. The molecule has 0 aliphatic heterocycles. The fraction of sp³-hybridized carbons (Fsp3) is 0. The van der Waals surface area contributed by atoms with Crippen LogP contribution in [-0.4, -0.2) is 17.4 Å². The predicted molar refractivity (Wildman–Crippen MR) is 22.5 cm³/mol. The van der Waals surface area contributed by atoms with Gasteiger partial charge in [-0.05, 0) is 6.29 Å². The van der Waals surface area contributed by atoms with Gasteiger partial charge >= 0.3 is 0 Å². The topological polar surface area (TPSA) is 54.4 Å². The van der Waals surface area contributed by atoms with Gasteiger partial charge in [0.1, 0.15) is 0 Å². The fourth-order valence-electron chi connectivity index (χ4n) is 0.105. The average Bonchev–Trinajstić information content (AvgIpc) is 1.61. The maximum absolute atomic E-state index is 9.49. The quantitative estimate of drug-likeness (QED) is 0.479. The Morgan fingerprint density at radius 1 is 1.62 bits per heavy atom. The first kappa shape index (κ1) is 10.9. The van der Waals surface area contributed by atoms with Crippen LogP contribution >= 0.6 is 0 Å². The van der Waals surface area contributed by atoms with Gasteiger partial charge in [0.25, 0.3) is 0 Å². The van der Waals surface area contributed by atoms with Crippen LogP contribution in [0, 0.1) is 0 Å². The van der Waals surface area contributed by atoms with Crippen molar-refractivity contribution in [3.63, 3.8) is 0 Å². The smallest absolute Gasteiger partial charge is 0.245 e. The van der Waals surface area contributed by atoms with Crippen LogP contribution in [0.5, 0.6) is 0 Å². The summed E-state index contributed by atoms with van der Waals surface area (Å²) < 4.78 is 0. The second kappa shape index (κ2) is 6.98. The minimum atomic E-state index is -1.14. The SMILES string of the molecule is O=[C-]/C=C/C(=O)O.[Y]. The van der Waals surface area contributed by atoms with Crippen LogP contribution in [0.4, 0.5) is 0 Å². The number of rotatable bonds is 2. The molecule has 0 saturated heterocycles. The van der Waals surface area contributed by atoms with E-state index in [2.05, 4.69) is 0 Å². The second-order valence-corrected chi connectivity index (χ2v) is 0.789. The maximum Gasteiger partial charge on any atom is 0.245 e. The van der Waals surface area contributed by atoms with Crippen molar-refractivity contribution >= 4 is 12.3 Å². The first-order valence-electron chi connectivity index (χ1n) is 1.54.